The van der Waals surface area contributed by atoms with Gasteiger partial charge in [-0.3, -0.25) is 4.90 Å². The maximum atomic E-state index is 9.76. The minimum Gasteiger partial charge on any atom is -0.508 e. The van der Waals surface area contributed by atoms with Crippen LogP contribution in [0.1, 0.15) is 29.7 Å². The zero-order valence-electron chi connectivity index (χ0n) is 14.7. The largest absolute Gasteiger partial charge is 0.508 e. The zero-order valence-corrected chi connectivity index (χ0v) is 14.7. The van der Waals surface area contributed by atoms with Gasteiger partial charge in [0.05, 0.1) is 14.2 Å². The van der Waals surface area contributed by atoms with Crippen molar-refractivity contribution in [3.05, 3.63) is 53.1 Å². The summed E-state index contributed by atoms with van der Waals surface area (Å²) in [5.41, 5.74) is 3.71. The predicted molar refractivity (Wildman–Crippen MR) is 95.0 cm³/mol. The summed E-state index contributed by atoms with van der Waals surface area (Å²) >= 11 is 0. The van der Waals surface area contributed by atoms with E-state index in [1.54, 1.807) is 20.3 Å². The number of hydrogen-bond donors (Lipinski definition) is 1. The summed E-state index contributed by atoms with van der Waals surface area (Å²) in [7, 11) is 5.51. The molecule has 2 aromatic carbocycles. The van der Waals surface area contributed by atoms with E-state index in [-0.39, 0.29) is 6.04 Å². The number of ether oxygens (including phenoxy) is 2. The minimum absolute atomic E-state index is 0.241. The van der Waals surface area contributed by atoms with Crippen molar-refractivity contribution in [3.8, 4) is 17.2 Å². The Morgan fingerprint density at radius 3 is 2.50 bits per heavy atom. The monoisotopic (exact) mass is 327 g/mol. The number of hydrogen-bond acceptors (Lipinski definition) is 4. The Morgan fingerprint density at radius 2 is 1.83 bits per heavy atom. The lowest BCUT2D eigenvalue weighted by Crippen LogP contribution is -2.40. The smallest absolute Gasteiger partial charge is 0.161 e. The minimum atomic E-state index is 0.241. The molecule has 0 amide bonds. The van der Waals surface area contributed by atoms with Crippen LogP contribution in [0.2, 0.25) is 0 Å². The molecule has 0 saturated heterocycles. The lowest BCUT2D eigenvalue weighted by Gasteiger charge is -2.40. The van der Waals surface area contributed by atoms with Crippen LogP contribution in [-0.2, 0) is 12.8 Å². The molecule has 4 nitrogen and oxygen atoms in total. The van der Waals surface area contributed by atoms with E-state index in [9.17, 15) is 5.11 Å². The predicted octanol–water partition coefficient (Wildman–Crippen LogP) is 3.57. The molecule has 2 atom stereocenters. The molecule has 3 rings (SSSR count). The molecule has 0 bridgehead atoms. The van der Waals surface area contributed by atoms with Gasteiger partial charge in [0, 0.05) is 12.1 Å². The summed E-state index contributed by atoms with van der Waals surface area (Å²) < 4.78 is 11.0. The van der Waals surface area contributed by atoms with Crippen LogP contribution in [0, 0.1) is 0 Å². The van der Waals surface area contributed by atoms with Crippen LogP contribution in [0.4, 0.5) is 0 Å². The van der Waals surface area contributed by atoms with Crippen molar-refractivity contribution in [3.63, 3.8) is 0 Å². The highest BCUT2D eigenvalue weighted by Gasteiger charge is 2.31. The quantitative estimate of drug-likeness (QED) is 0.932. The number of aromatic hydroxyl groups is 1. The molecule has 128 valence electrons. The summed E-state index contributed by atoms with van der Waals surface area (Å²) in [5, 5.41) is 9.76. The van der Waals surface area contributed by atoms with Crippen LogP contribution in [0.25, 0.3) is 0 Å². The third-order valence-corrected chi connectivity index (χ3v) is 5.05. The third kappa shape index (κ3) is 3.06. The average molecular weight is 327 g/mol. The number of likely N-dealkylation sites (N-methyl/N-ethyl adjacent to an activating group) is 1. The molecule has 1 aliphatic heterocycles. The number of nitrogens with zero attached hydrogens (tertiary/aromatic N) is 1. The van der Waals surface area contributed by atoms with E-state index in [2.05, 4.69) is 37.1 Å². The highest BCUT2D eigenvalue weighted by molar-refractivity contribution is 5.50. The van der Waals surface area contributed by atoms with Gasteiger partial charge in [0.1, 0.15) is 5.75 Å². The summed E-state index contributed by atoms with van der Waals surface area (Å²) in [6, 6.07) is 12.4. The topological polar surface area (TPSA) is 41.9 Å². The van der Waals surface area contributed by atoms with E-state index in [0.717, 1.165) is 29.9 Å². The molecule has 0 saturated carbocycles. The molecule has 0 radical (unpaired) electrons. The number of methoxy groups -OCH3 is 2. The van der Waals surface area contributed by atoms with Gasteiger partial charge in [-0.15, -0.1) is 0 Å². The van der Waals surface area contributed by atoms with Gasteiger partial charge in [-0.25, -0.2) is 0 Å². The molecule has 24 heavy (non-hydrogen) atoms. The van der Waals surface area contributed by atoms with Gasteiger partial charge in [0.25, 0.3) is 0 Å². The second kappa shape index (κ2) is 6.73. The lowest BCUT2D eigenvalue weighted by atomic mass is 9.85. The highest BCUT2D eigenvalue weighted by atomic mass is 16.5. The van der Waals surface area contributed by atoms with E-state index >= 15 is 0 Å². The standard InChI is InChI=1S/C20H25NO3/c1-13-8-15-11-19(23-3)20(24-4)12-17(15)18(21(13)2)10-14-6-5-7-16(22)9-14/h5-7,9,11-13,18,22H,8,10H2,1-4H3/t13-,18+/m1/s1. The van der Waals surface area contributed by atoms with Crippen molar-refractivity contribution in [1.82, 2.24) is 4.90 Å². The van der Waals surface area contributed by atoms with Gasteiger partial charge in [-0.2, -0.15) is 0 Å². The fourth-order valence-corrected chi connectivity index (χ4v) is 3.57. The maximum absolute atomic E-state index is 9.76. The number of phenols is 1. The van der Waals surface area contributed by atoms with Gasteiger partial charge >= 0.3 is 0 Å². The summed E-state index contributed by atoms with van der Waals surface area (Å²) in [6.45, 7) is 2.25. The van der Waals surface area contributed by atoms with Gasteiger partial charge in [0.2, 0.25) is 0 Å². The van der Waals surface area contributed by atoms with E-state index < -0.39 is 0 Å². The molecule has 1 N–H and O–H groups in total. The van der Waals surface area contributed by atoms with Crippen molar-refractivity contribution in [2.24, 2.45) is 0 Å². The molecule has 1 heterocycles. The van der Waals surface area contributed by atoms with E-state index in [1.165, 1.54) is 11.1 Å². The van der Waals surface area contributed by atoms with E-state index in [4.69, 9.17) is 9.47 Å². The molecule has 2 aromatic rings. The highest BCUT2D eigenvalue weighted by Crippen LogP contribution is 2.40. The first-order chi connectivity index (χ1) is 11.5. The molecule has 0 aromatic heterocycles. The van der Waals surface area contributed by atoms with Gasteiger partial charge in [-0.1, -0.05) is 12.1 Å². The second-order valence-electron chi connectivity index (χ2n) is 6.51. The maximum Gasteiger partial charge on any atom is 0.161 e. The van der Waals surface area contributed by atoms with Crippen molar-refractivity contribution < 1.29 is 14.6 Å². The van der Waals surface area contributed by atoms with Crippen molar-refractivity contribution in [2.45, 2.75) is 31.8 Å². The van der Waals surface area contributed by atoms with Gasteiger partial charge in [0.15, 0.2) is 11.5 Å². The molecular weight excluding hydrogens is 302 g/mol. The van der Waals surface area contributed by atoms with Crippen LogP contribution >= 0.6 is 0 Å². The Kier molecular flexibility index (Phi) is 4.67. The van der Waals surface area contributed by atoms with Crippen LogP contribution in [-0.4, -0.2) is 37.3 Å². The molecule has 0 fully saturated rings. The fourth-order valence-electron chi connectivity index (χ4n) is 3.57. The van der Waals surface area contributed by atoms with Crippen LogP contribution in [0.3, 0.4) is 0 Å². The van der Waals surface area contributed by atoms with Gasteiger partial charge in [-0.05, 0) is 67.8 Å². The van der Waals surface area contributed by atoms with Crippen molar-refractivity contribution >= 4 is 0 Å². The summed E-state index contributed by atoms with van der Waals surface area (Å²) in [6.07, 6.45) is 1.83. The number of fused-ring (bicyclic) bond motifs is 1. The third-order valence-electron chi connectivity index (χ3n) is 5.05. The Balaban J connectivity index is 2.03. The van der Waals surface area contributed by atoms with Crippen molar-refractivity contribution in [2.75, 3.05) is 21.3 Å². The Morgan fingerprint density at radius 1 is 1.12 bits per heavy atom. The van der Waals surface area contributed by atoms with Crippen LogP contribution in [0.5, 0.6) is 17.2 Å². The van der Waals surface area contributed by atoms with E-state index in [1.807, 2.05) is 12.1 Å². The van der Waals surface area contributed by atoms with Crippen LogP contribution in [0.15, 0.2) is 36.4 Å². The molecular formula is C20H25NO3. The zero-order chi connectivity index (χ0) is 17.3. The molecule has 4 heteroatoms. The number of phenolic OH excluding ortho intramolecular Hbond substituents is 1. The molecule has 0 unspecified atom stereocenters. The first kappa shape index (κ1) is 16.7. The van der Waals surface area contributed by atoms with E-state index in [0.29, 0.717) is 11.8 Å². The summed E-state index contributed by atoms with van der Waals surface area (Å²) in [5.74, 6) is 1.86. The molecule has 0 aliphatic carbocycles. The SMILES string of the molecule is COc1cc2c(cc1OC)[C@H](Cc1cccc(O)c1)N(C)[C@H](C)C2. The number of rotatable bonds is 4. The lowest BCUT2D eigenvalue weighted by molar-refractivity contribution is 0.165. The fraction of sp³-hybridized carbons (Fsp3) is 0.400. The Labute approximate surface area is 143 Å². The normalized spacial score (nSPS) is 20.5. The second-order valence-corrected chi connectivity index (χ2v) is 6.51. The molecule has 1 aliphatic rings. The average Bonchev–Trinajstić information content (AvgIpc) is 2.58. The molecule has 0 spiro atoms. The van der Waals surface area contributed by atoms with Crippen molar-refractivity contribution in [1.29, 1.82) is 0 Å². The van der Waals surface area contributed by atoms with Crippen LogP contribution < -0.4 is 9.47 Å². The first-order valence-electron chi connectivity index (χ1n) is 8.28. The Hall–Kier alpha value is -2.20. The Bertz CT molecular complexity index is 729. The van der Waals surface area contributed by atoms with Gasteiger partial charge < -0.3 is 14.6 Å². The number of benzene rings is 2. The summed E-state index contributed by atoms with van der Waals surface area (Å²) in [4.78, 5) is 2.40. The first-order valence-corrected chi connectivity index (χ1v) is 8.28.